The van der Waals surface area contributed by atoms with E-state index in [1.165, 1.54) is 0 Å². The van der Waals surface area contributed by atoms with Gasteiger partial charge in [-0.2, -0.15) is 5.10 Å². The number of para-hydroxylation sites is 1. The van der Waals surface area contributed by atoms with Crippen LogP contribution in [0.3, 0.4) is 0 Å². The fourth-order valence-corrected chi connectivity index (χ4v) is 3.33. The number of hydrogen-bond donors (Lipinski definition) is 0. The maximum atomic E-state index is 12.9. The van der Waals surface area contributed by atoms with Crippen LogP contribution >= 0.6 is 0 Å². The minimum absolute atomic E-state index is 0.0419. The van der Waals surface area contributed by atoms with Crippen molar-refractivity contribution in [2.24, 2.45) is 0 Å². The summed E-state index contributed by atoms with van der Waals surface area (Å²) in [6, 6.07) is 11.9. The predicted molar refractivity (Wildman–Crippen MR) is 93.7 cm³/mol. The number of hydrogen-bond acceptors (Lipinski definition) is 3. The number of piperazine rings is 1. The van der Waals surface area contributed by atoms with Gasteiger partial charge in [-0.25, -0.2) is 4.68 Å². The number of carbonyl (C=O) groups excluding carboxylic acids is 2. The fourth-order valence-electron chi connectivity index (χ4n) is 3.33. The molecule has 0 N–H and O–H groups in total. The molecule has 4 rings (SSSR count). The quantitative estimate of drug-likeness (QED) is 0.861. The summed E-state index contributed by atoms with van der Waals surface area (Å²) in [5.41, 5.74) is 2.61. The van der Waals surface area contributed by atoms with Crippen molar-refractivity contribution >= 4 is 11.8 Å². The van der Waals surface area contributed by atoms with Crippen LogP contribution in [-0.4, -0.2) is 57.6 Å². The monoisotopic (exact) mass is 338 g/mol. The second-order valence-corrected chi connectivity index (χ2v) is 6.77. The van der Waals surface area contributed by atoms with Crippen molar-refractivity contribution in [1.29, 1.82) is 0 Å². The molecular weight excluding hydrogens is 316 g/mol. The van der Waals surface area contributed by atoms with Crippen molar-refractivity contribution in [2.75, 3.05) is 26.2 Å². The summed E-state index contributed by atoms with van der Waals surface area (Å²) >= 11 is 0. The molecule has 0 bridgehead atoms. The van der Waals surface area contributed by atoms with E-state index in [0.717, 1.165) is 24.2 Å². The molecule has 1 saturated carbocycles. The van der Waals surface area contributed by atoms with Crippen LogP contribution in [0.5, 0.6) is 0 Å². The largest absolute Gasteiger partial charge is 0.339 e. The Morgan fingerprint density at radius 3 is 2.24 bits per heavy atom. The molecule has 6 nitrogen and oxygen atoms in total. The Balaban J connectivity index is 1.57. The van der Waals surface area contributed by atoms with E-state index in [4.69, 9.17) is 0 Å². The highest BCUT2D eigenvalue weighted by Crippen LogP contribution is 2.41. The van der Waals surface area contributed by atoms with Crippen LogP contribution in [0.25, 0.3) is 5.69 Å². The highest BCUT2D eigenvalue weighted by molar-refractivity contribution is 5.92. The number of rotatable bonds is 3. The van der Waals surface area contributed by atoms with Crippen LogP contribution < -0.4 is 0 Å². The van der Waals surface area contributed by atoms with Crippen molar-refractivity contribution < 1.29 is 9.59 Å². The van der Waals surface area contributed by atoms with E-state index in [0.29, 0.717) is 37.8 Å². The van der Waals surface area contributed by atoms with E-state index >= 15 is 0 Å². The van der Waals surface area contributed by atoms with Gasteiger partial charge in [-0.15, -0.1) is 0 Å². The molecule has 130 valence electrons. The average Bonchev–Trinajstić information content (AvgIpc) is 3.40. The summed E-state index contributed by atoms with van der Waals surface area (Å²) in [6.45, 7) is 3.89. The first kappa shape index (κ1) is 15.9. The summed E-state index contributed by atoms with van der Waals surface area (Å²) in [5, 5.41) is 4.62. The summed E-state index contributed by atoms with van der Waals surface area (Å²) in [7, 11) is 0. The van der Waals surface area contributed by atoms with Gasteiger partial charge in [0.05, 0.1) is 5.69 Å². The first-order valence-electron chi connectivity index (χ1n) is 8.83. The molecule has 0 unspecified atom stereocenters. The van der Waals surface area contributed by atoms with Gasteiger partial charge >= 0.3 is 0 Å². The zero-order valence-corrected chi connectivity index (χ0v) is 14.4. The highest BCUT2D eigenvalue weighted by atomic mass is 16.2. The second kappa shape index (κ2) is 6.35. The molecule has 25 heavy (non-hydrogen) atoms. The Morgan fingerprint density at radius 2 is 1.64 bits per heavy atom. The maximum absolute atomic E-state index is 12.9. The van der Waals surface area contributed by atoms with E-state index < -0.39 is 0 Å². The number of aromatic nitrogens is 2. The summed E-state index contributed by atoms with van der Waals surface area (Å²) in [6.07, 6.45) is 2.31. The third-order valence-corrected chi connectivity index (χ3v) is 4.96. The topological polar surface area (TPSA) is 58.4 Å². The van der Waals surface area contributed by atoms with E-state index in [-0.39, 0.29) is 11.8 Å². The standard InChI is InChI=1S/C19H22N4O2/c1-14(24)21-9-11-22(12-10-21)19(25)17-13-18(15-7-8-15)23(20-17)16-5-3-2-4-6-16/h2-6,13,15H,7-12H2,1H3. The molecule has 1 aromatic carbocycles. The molecule has 0 radical (unpaired) electrons. The van der Waals surface area contributed by atoms with Gasteiger partial charge in [-0.3, -0.25) is 9.59 Å². The maximum Gasteiger partial charge on any atom is 0.274 e. The average molecular weight is 338 g/mol. The minimum Gasteiger partial charge on any atom is -0.339 e. The normalized spacial score (nSPS) is 17.6. The summed E-state index contributed by atoms with van der Waals surface area (Å²) in [5.74, 6) is 0.528. The molecule has 2 aliphatic rings. The van der Waals surface area contributed by atoms with Gasteiger partial charge in [-0.05, 0) is 31.0 Å². The molecule has 1 aliphatic heterocycles. The SMILES string of the molecule is CC(=O)N1CCN(C(=O)c2cc(C3CC3)n(-c3ccccc3)n2)CC1. The summed E-state index contributed by atoms with van der Waals surface area (Å²) in [4.78, 5) is 27.9. The number of benzene rings is 1. The van der Waals surface area contributed by atoms with Gasteiger partial charge in [0.1, 0.15) is 0 Å². The van der Waals surface area contributed by atoms with Gasteiger partial charge in [0, 0.05) is 44.7 Å². The van der Waals surface area contributed by atoms with Crippen molar-refractivity contribution in [1.82, 2.24) is 19.6 Å². The van der Waals surface area contributed by atoms with Crippen LogP contribution in [0, 0.1) is 0 Å². The van der Waals surface area contributed by atoms with Crippen molar-refractivity contribution in [3.63, 3.8) is 0 Å². The van der Waals surface area contributed by atoms with Crippen molar-refractivity contribution in [3.05, 3.63) is 47.8 Å². The van der Waals surface area contributed by atoms with Crippen LogP contribution in [-0.2, 0) is 4.79 Å². The highest BCUT2D eigenvalue weighted by Gasteiger charge is 2.31. The lowest BCUT2D eigenvalue weighted by Gasteiger charge is -2.33. The molecule has 2 aromatic rings. The Kier molecular flexibility index (Phi) is 4.03. The first-order valence-corrected chi connectivity index (χ1v) is 8.83. The number of carbonyl (C=O) groups is 2. The number of nitrogens with zero attached hydrogens (tertiary/aromatic N) is 4. The molecule has 2 fully saturated rings. The van der Waals surface area contributed by atoms with Crippen LogP contribution in [0.15, 0.2) is 36.4 Å². The zero-order chi connectivity index (χ0) is 17.4. The Hall–Kier alpha value is -2.63. The molecule has 0 atom stereocenters. The molecule has 0 spiro atoms. The smallest absolute Gasteiger partial charge is 0.274 e. The second-order valence-electron chi connectivity index (χ2n) is 6.77. The van der Waals surface area contributed by atoms with Gasteiger partial charge < -0.3 is 9.80 Å². The molecule has 1 saturated heterocycles. The Morgan fingerprint density at radius 1 is 1.00 bits per heavy atom. The zero-order valence-electron chi connectivity index (χ0n) is 14.4. The lowest BCUT2D eigenvalue weighted by Crippen LogP contribution is -2.50. The number of amides is 2. The van der Waals surface area contributed by atoms with E-state index in [1.807, 2.05) is 41.1 Å². The fraction of sp³-hybridized carbons (Fsp3) is 0.421. The molecule has 1 aliphatic carbocycles. The lowest BCUT2D eigenvalue weighted by atomic mass is 10.2. The van der Waals surface area contributed by atoms with E-state index in [1.54, 1.807) is 16.7 Å². The molecular formula is C19H22N4O2. The van der Waals surface area contributed by atoms with Gasteiger partial charge in [0.2, 0.25) is 5.91 Å². The van der Waals surface area contributed by atoms with Crippen molar-refractivity contribution in [3.8, 4) is 5.69 Å². The Labute approximate surface area is 147 Å². The van der Waals surface area contributed by atoms with E-state index in [9.17, 15) is 9.59 Å². The lowest BCUT2D eigenvalue weighted by molar-refractivity contribution is -0.130. The first-order chi connectivity index (χ1) is 12.1. The van der Waals surface area contributed by atoms with Crippen molar-refractivity contribution in [2.45, 2.75) is 25.7 Å². The van der Waals surface area contributed by atoms with Crippen LogP contribution in [0.2, 0.25) is 0 Å². The molecule has 1 aromatic heterocycles. The molecule has 2 heterocycles. The van der Waals surface area contributed by atoms with Gasteiger partial charge in [0.25, 0.3) is 5.91 Å². The third kappa shape index (κ3) is 3.16. The van der Waals surface area contributed by atoms with Gasteiger partial charge in [0.15, 0.2) is 5.69 Å². The van der Waals surface area contributed by atoms with Gasteiger partial charge in [-0.1, -0.05) is 18.2 Å². The summed E-state index contributed by atoms with van der Waals surface area (Å²) < 4.78 is 1.91. The Bertz CT molecular complexity index is 787. The molecule has 2 amide bonds. The van der Waals surface area contributed by atoms with Crippen LogP contribution in [0.1, 0.15) is 41.9 Å². The third-order valence-electron chi connectivity index (χ3n) is 4.96. The van der Waals surface area contributed by atoms with Crippen LogP contribution in [0.4, 0.5) is 0 Å². The molecule has 6 heteroatoms. The van der Waals surface area contributed by atoms with E-state index in [2.05, 4.69) is 5.10 Å². The predicted octanol–water partition coefficient (Wildman–Crippen LogP) is 2.05. The minimum atomic E-state index is -0.0419.